The minimum Gasteiger partial charge on any atom is -0.486 e. The Bertz CT molecular complexity index is 481. The van der Waals surface area contributed by atoms with Gasteiger partial charge in [0.1, 0.15) is 13.2 Å². The topological polar surface area (TPSA) is 30.5 Å². The van der Waals surface area contributed by atoms with Crippen LogP contribution >= 0.6 is 11.6 Å². The second-order valence-corrected chi connectivity index (χ2v) is 5.65. The van der Waals surface area contributed by atoms with Crippen LogP contribution in [0.25, 0.3) is 0 Å². The summed E-state index contributed by atoms with van der Waals surface area (Å²) in [6.07, 6.45) is 2.29. The standard InChI is InChI=1S/C14H18ClNO2/c1-9-8-10-13(18-7-6-17-10)12(15)11(9)14(2)4-3-5-16-14/h8,16H,3-7H2,1-2H3. The lowest BCUT2D eigenvalue weighted by Crippen LogP contribution is -2.34. The van der Waals surface area contributed by atoms with Crippen LogP contribution in [0.1, 0.15) is 30.9 Å². The van der Waals surface area contributed by atoms with Crippen molar-refractivity contribution in [2.75, 3.05) is 19.8 Å². The SMILES string of the molecule is Cc1cc2c(c(Cl)c1C1(C)CCCN1)OCCO2. The molecular formula is C14H18ClNO2. The first kappa shape index (κ1) is 12.1. The summed E-state index contributed by atoms with van der Waals surface area (Å²) in [5, 5.41) is 4.27. The third-order valence-corrected chi connectivity index (χ3v) is 4.25. The van der Waals surface area contributed by atoms with E-state index in [1.54, 1.807) is 0 Å². The molecule has 0 amide bonds. The minimum absolute atomic E-state index is 0.0446. The summed E-state index contributed by atoms with van der Waals surface area (Å²) in [6.45, 7) is 6.51. The monoisotopic (exact) mass is 267 g/mol. The lowest BCUT2D eigenvalue weighted by Gasteiger charge is -2.31. The molecule has 1 aromatic rings. The number of hydrogen-bond donors (Lipinski definition) is 1. The number of hydrogen-bond acceptors (Lipinski definition) is 3. The summed E-state index contributed by atoms with van der Waals surface area (Å²) in [5.41, 5.74) is 2.28. The van der Waals surface area contributed by atoms with Gasteiger partial charge in [0.05, 0.1) is 5.02 Å². The molecule has 0 radical (unpaired) electrons. The first-order valence-electron chi connectivity index (χ1n) is 6.46. The van der Waals surface area contributed by atoms with Crippen LogP contribution in [0.2, 0.25) is 5.02 Å². The van der Waals surface area contributed by atoms with E-state index in [-0.39, 0.29) is 5.54 Å². The quantitative estimate of drug-likeness (QED) is 0.848. The average Bonchev–Trinajstić information content (AvgIpc) is 2.77. The van der Waals surface area contributed by atoms with Gasteiger partial charge >= 0.3 is 0 Å². The van der Waals surface area contributed by atoms with Crippen molar-refractivity contribution in [2.24, 2.45) is 0 Å². The highest BCUT2D eigenvalue weighted by Crippen LogP contribution is 2.46. The molecule has 98 valence electrons. The number of fused-ring (bicyclic) bond motifs is 1. The van der Waals surface area contributed by atoms with Gasteiger partial charge in [-0.15, -0.1) is 0 Å². The molecule has 1 aromatic carbocycles. The summed E-state index contributed by atoms with van der Waals surface area (Å²) >= 11 is 6.56. The first-order valence-corrected chi connectivity index (χ1v) is 6.84. The van der Waals surface area contributed by atoms with E-state index in [1.165, 1.54) is 12.0 Å². The molecule has 2 aliphatic heterocycles. The lowest BCUT2D eigenvalue weighted by molar-refractivity contribution is 0.171. The molecular weight excluding hydrogens is 250 g/mol. The molecule has 1 unspecified atom stereocenters. The molecule has 1 atom stereocenters. The van der Waals surface area contributed by atoms with E-state index < -0.39 is 0 Å². The van der Waals surface area contributed by atoms with Crippen LogP contribution < -0.4 is 14.8 Å². The van der Waals surface area contributed by atoms with Crippen LogP contribution in [-0.2, 0) is 5.54 Å². The molecule has 4 heteroatoms. The van der Waals surface area contributed by atoms with Crippen LogP contribution in [0.3, 0.4) is 0 Å². The molecule has 1 saturated heterocycles. The normalized spacial score (nSPS) is 26.4. The molecule has 3 rings (SSSR count). The van der Waals surface area contributed by atoms with Crippen LogP contribution in [0.5, 0.6) is 11.5 Å². The van der Waals surface area contributed by atoms with Crippen molar-refractivity contribution in [1.82, 2.24) is 5.32 Å². The van der Waals surface area contributed by atoms with Crippen molar-refractivity contribution < 1.29 is 9.47 Å². The van der Waals surface area contributed by atoms with Gasteiger partial charge in [-0.1, -0.05) is 11.6 Å². The second kappa shape index (κ2) is 4.32. The van der Waals surface area contributed by atoms with Crippen LogP contribution in [0.4, 0.5) is 0 Å². The fourth-order valence-electron chi connectivity index (χ4n) is 3.05. The van der Waals surface area contributed by atoms with E-state index in [4.69, 9.17) is 21.1 Å². The Kier molecular flexibility index (Phi) is 2.91. The van der Waals surface area contributed by atoms with E-state index >= 15 is 0 Å². The molecule has 1 fully saturated rings. The van der Waals surface area contributed by atoms with Crippen molar-refractivity contribution in [3.8, 4) is 11.5 Å². The van der Waals surface area contributed by atoms with Crippen molar-refractivity contribution in [3.63, 3.8) is 0 Å². The van der Waals surface area contributed by atoms with E-state index in [9.17, 15) is 0 Å². The predicted molar refractivity (Wildman–Crippen MR) is 71.8 cm³/mol. The van der Waals surface area contributed by atoms with Crippen LogP contribution in [-0.4, -0.2) is 19.8 Å². The Balaban J connectivity index is 2.14. The predicted octanol–water partition coefficient (Wildman–Crippen LogP) is 3.02. The molecule has 2 aliphatic rings. The molecule has 0 bridgehead atoms. The van der Waals surface area contributed by atoms with Crippen molar-refractivity contribution in [2.45, 2.75) is 32.2 Å². The Hall–Kier alpha value is -0.930. The Morgan fingerprint density at radius 1 is 1.33 bits per heavy atom. The highest BCUT2D eigenvalue weighted by Gasteiger charge is 2.35. The fraction of sp³-hybridized carbons (Fsp3) is 0.571. The zero-order chi connectivity index (χ0) is 12.8. The van der Waals surface area contributed by atoms with E-state index in [0.717, 1.165) is 24.3 Å². The van der Waals surface area contributed by atoms with Gasteiger partial charge in [0.15, 0.2) is 11.5 Å². The summed E-state index contributed by atoms with van der Waals surface area (Å²) in [7, 11) is 0. The molecule has 1 N–H and O–H groups in total. The average molecular weight is 268 g/mol. The molecule has 0 spiro atoms. The molecule has 0 aromatic heterocycles. The third kappa shape index (κ3) is 1.77. The summed E-state index contributed by atoms with van der Waals surface area (Å²) in [5.74, 6) is 1.48. The Morgan fingerprint density at radius 2 is 2.11 bits per heavy atom. The fourth-order valence-corrected chi connectivity index (χ4v) is 3.56. The van der Waals surface area contributed by atoms with Gasteiger partial charge in [-0.05, 0) is 50.4 Å². The maximum Gasteiger partial charge on any atom is 0.180 e. The summed E-state index contributed by atoms with van der Waals surface area (Å²) in [4.78, 5) is 0. The molecule has 0 aliphatic carbocycles. The Morgan fingerprint density at radius 3 is 2.83 bits per heavy atom. The highest BCUT2D eigenvalue weighted by atomic mass is 35.5. The molecule has 3 nitrogen and oxygen atoms in total. The third-order valence-electron chi connectivity index (χ3n) is 3.89. The minimum atomic E-state index is -0.0446. The van der Waals surface area contributed by atoms with E-state index in [2.05, 4.69) is 19.2 Å². The summed E-state index contributed by atoms with van der Waals surface area (Å²) < 4.78 is 11.3. The lowest BCUT2D eigenvalue weighted by atomic mass is 9.87. The van der Waals surface area contributed by atoms with Crippen molar-refractivity contribution in [3.05, 3.63) is 22.2 Å². The Labute approximate surface area is 112 Å². The van der Waals surface area contributed by atoms with Gasteiger partial charge in [0.2, 0.25) is 0 Å². The number of ether oxygens (including phenoxy) is 2. The number of halogens is 1. The van der Waals surface area contributed by atoms with Gasteiger partial charge < -0.3 is 14.8 Å². The van der Waals surface area contributed by atoms with Crippen LogP contribution in [0.15, 0.2) is 6.07 Å². The smallest absolute Gasteiger partial charge is 0.180 e. The number of rotatable bonds is 1. The van der Waals surface area contributed by atoms with Crippen molar-refractivity contribution in [1.29, 1.82) is 0 Å². The maximum absolute atomic E-state index is 6.56. The molecule has 18 heavy (non-hydrogen) atoms. The van der Waals surface area contributed by atoms with Gasteiger partial charge in [-0.3, -0.25) is 0 Å². The first-order chi connectivity index (χ1) is 8.62. The second-order valence-electron chi connectivity index (χ2n) is 5.27. The van der Waals surface area contributed by atoms with E-state index in [0.29, 0.717) is 24.0 Å². The van der Waals surface area contributed by atoms with Gasteiger partial charge in [0.25, 0.3) is 0 Å². The number of nitrogens with one attached hydrogen (secondary N) is 1. The van der Waals surface area contributed by atoms with Gasteiger partial charge in [-0.25, -0.2) is 0 Å². The highest BCUT2D eigenvalue weighted by molar-refractivity contribution is 6.33. The zero-order valence-corrected chi connectivity index (χ0v) is 11.6. The van der Waals surface area contributed by atoms with Crippen LogP contribution in [0, 0.1) is 6.92 Å². The molecule has 0 saturated carbocycles. The maximum atomic E-state index is 6.56. The number of benzene rings is 1. The summed E-state index contributed by atoms with van der Waals surface area (Å²) in [6, 6.07) is 2.04. The molecule has 2 heterocycles. The van der Waals surface area contributed by atoms with E-state index in [1.807, 2.05) is 6.07 Å². The largest absolute Gasteiger partial charge is 0.486 e. The zero-order valence-electron chi connectivity index (χ0n) is 10.8. The van der Waals surface area contributed by atoms with Gasteiger partial charge in [0, 0.05) is 5.54 Å². The van der Waals surface area contributed by atoms with Crippen molar-refractivity contribution >= 4 is 11.6 Å². The van der Waals surface area contributed by atoms with Gasteiger partial charge in [-0.2, -0.15) is 0 Å². The number of aryl methyl sites for hydroxylation is 1.